The van der Waals surface area contributed by atoms with E-state index in [0.29, 0.717) is 5.16 Å². The number of rotatable bonds is 4. The number of hydrogen-bond acceptors (Lipinski definition) is 5. The molecule has 6 heteroatoms. The highest BCUT2D eigenvalue weighted by atomic mass is 32.2. The van der Waals surface area contributed by atoms with E-state index in [1.807, 2.05) is 66.7 Å². The quantitative estimate of drug-likeness (QED) is 0.415. The molecule has 0 saturated carbocycles. The van der Waals surface area contributed by atoms with Gasteiger partial charge < -0.3 is 5.32 Å². The van der Waals surface area contributed by atoms with Crippen LogP contribution in [0.3, 0.4) is 0 Å². The van der Waals surface area contributed by atoms with Gasteiger partial charge in [0.15, 0.2) is 11.0 Å². The van der Waals surface area contributed by atoms with Crippen molar-refractivity contribution in [1.29, 1.82) is 0 Å². The van der Waals surface area contributed by atoms with E-state index in [-0.39, 0.29) is 0 Å². The molecule has 0 saturated heterocycles. The molecule has 2 aromatic heterocycles. The molecule has 0 radical (unpaired) electrons. The lowest BCUT2D eigenvalue weighted by molar-refractivity contribution is 1.00. The fourth-order valence-electron chi connectivity index (χ4n) is 2.96. The highest BCUT2D eigenvalue weighted by Gasteiger charge is 2.12. The monoisotopic (exact) mass is 369 g/mol. The molecule has 0 amide bonds. The summed E-state index contributed by atoms with van der Waals surface area (Å²) >= 11 is 1.54. The van der Waals surface area contributed by atoms with Crippen LogP contribution in [0.4, 0.5) is 11.6 Å². The van der Waals surface area contributed by atoms with Gasteiger partial charge in [-0.2, -0.15) is 5.10 Å². The third kappa shape index (κ3) is 3.11. The zero-order valence-electron chi connectivity index (χ0n) is 14.3. The number of aromatic amines is 1. The lowest BCUT2D eigenvalue weighted by Crippen LogP contribution is -1.99. The van der Waals surface area contributed by atoms with E-state index in [9.17, 15) is 0 Å². The lowest BCUT2D eigenvalue weighted by atomic mass is 10.2. The number of fused-ring (bicyclic) bond motifs is 2. The maximum Gasteiger partial charge on any atom is 0.195 e. The molecule has 0 atom stereocenters. The van der Waals surface area contributed by atoms with E-state index >= 15 is 0 Å². The first-order valence-electron chi connectivity index (χ1n) is 8.57. The van der Waals surface area contributed by atoms with Crippen LogP contribution in [0.25, 0.3) is 21.8 Å². The van der Waals surface area contributed by atoms with Crippen LogP contribution in [0.1, 0.15) is 0 Å². The molecule has 5 rings (SSSR count). The van der Waals surface area contributed by atoms with Gasteiger partial charge in [-0.1, -0.05) is 42.5 Å². The number of aromatic nitrogens is 4. The van der Waals surface area contributed by atoms with Gasteiger partial charge in [0.25, 0.3) is 0 Å². The number of anilines is 2. The van der Waals surface area contributed by atoms with Crippen LogP contribution in [-0.4, -0.2) is 20.2 Å². The van der Waals surface area contributed by atoms with Crippen LogP contribution in [0.15, 0.2) is 88.9 Å². The molecule has 0 unspecified atom stereocenters. The molecule has 0 aliphatic heterocycles. The molecule has 5 aromatic rings. The van der Waals surface area contributed by atoms with Crippen molar-refractivity contribution in [3.63, 3.8) is 0 Å². The van der Waals surface area contributed by atoms with Crippen LogP contribution in [-0.2, 0) is 0 Å². The number of H-pyrrole nitrogens is 1. The average molecular weight is 369 g/mol. The Morgan fingerprint density at radius 3 is 2.33 bits per heavy atom. The summed E-state index contributed by atoms with van der Waals surface area (Å²) in [5, 5.41) is 13.5. The molecule has 5 nitrogen and oxygen atoms in total. The Bertz CT molecular complexity index is 1230. The van der Waals surface area contributed by atoms with Crippen molar-refractivity contribution in [2.45, 2.75) is 10.1 Å². The van der Waals surface area contributed by atoms with Crippen LogP contribution in [0.2, 0.25) is 0 Å². The fraction of sp³-hybridized carbons (Fsp3) is 0. The van der Waals surface area contributed by atoms with Gasteiger partial charge in [0, 0.05) is 15.7 Å². The van der Waals surface area contributed by atoms with Crippen molar-refractivity contribution < 1.29 is 0 Å². The van der Waals surface area contributed by atoms with E-state index < -0.39 is 0 Å². The van der Waals surface area contributed by atoms with Crippen molar-refractivity contribution in [3.05, 3.63) is 78.9 Å². The number of para-hydroxylation sites is 2. The van der Waals surface area contributed by atoms with Crippen LogP contribution >= 0.6 is 11.8 Å². The highest BCUT2D eigenvalue weighted by Crippen LogP contribution is 2.31. The van der Waals surface area contributed by atoms with E-state index in [1.165, 1.54) is 0 Å². The summed E-state index contributed by atoms with van der Waals surface area (Å²) < 4.78 is 0. The predicted molar refractivity (Wildman–Crippen MR) is 109 cm³/mol. The summed E-state index contributed by atoms with van der Waals surface area (Å²) in [6, 6.07) is 26.1. The number of benzene rings is 3. The van der Waals surface area contributed by atoms with Crippen LogP contribution < -0.4 is 5.32 Å². The first-order valence-corrected chi connectivity index (χ1v) is 9.38. The SMILES string of the molecule is c1ccc(Sc2nc(Nc3n[nH]c4ccccc34)c3ccccc3n2)cc1. The summed E-state index contributed by atoms with van der Waals surface area (Å²) in [7, 11) is 0. The molecule has 0 fully saturated rings. The second-order valence-corrected chi connectivity index (χ2v) is 7.07. The summed E-state index contributed by atoms with van der Waals surface area (Å²) in [6.45, 7) is 0. The van der Waals surface area contributed by atoms with Gasteiger partial charge in [0.2, 0.25) is 0 Å². The largest absolute Gasteiger partial charge is 0.322 e. The molecule has 2 heterocycles. The second kappa shape index (κ2) is 6.74. The number of nitrogens with zero attached hydrogens (tertiary/aromatic N) is 3. The molecule has 130 valence electrons. The molecule has 2 N–H and O–H groups in total. The zero-order chi connectivity index (χ0) is 18.1. The topological polar surface area (TPSA) is 66.5 Å². The fourth-order valence-corrected chi connectivity index (χ4v) is 3.75. The molecular formula is C21H15N5S. The van der Waals surface area contributed by atoms with Gasteiger partial charge in [-0.3, -0.25) is 5.10 Å². The summed E-state index contributed by atoms with van der Waals surface area (Å²) in [6.07, 6.45) is 0. The Balaban J connectivity index is 1.59. The van der Waals surface area contributed by atoms with Gasteiger partial charge in [-0.15, -0.1) is 0 Å². The third-order valence-electron chi connectivity index (χ3n) is 4.24. The highest BCUT2D eigenvalue weighted by molar-refractivity contribution is 7.99. The molecule has 0 aliphatic carbocycles. The molecule has 3 aromatic carbocycles. The number of hydrogen-bond donors (Lipinski definition) is 2. The van der Waals surface area contributed by atoms with E-state index in [4.69, 9.17) is 9.97 Å². The van der Waals surface area contributed by atoms with Gasteiger partial charge in [0.05, 0.1) is 11.0 Å². The van der Waals surface area contributed by atoms with Crippen LogP contribution in [0.5, 0.6) is 0 Å². The van der Waals surface area contributed by atoms with Crippen molar-refractivity contribution in [3.8, 4) is 0 Å². The third-order valence-corrected chi connectivity index (χ3v) is 5.12. The molecular weight excluding hydrogens is 354 g/mol. The Labute approximate surface area is 159 Å². The van der Waals surface area contributed by atoms with Gasteiger partial charge in [-0.05, 0) is 48.2 Å². The summed E-state index contributed by atoms with van der Waals surface area (Å²) in [5.74, 6) is 1.50. The van der Waals surface area contributed by atoms with Crippen molar-refractivity contribution in [2.24, 2.45) is 0 Å². The lowest BCUT2D eigenvalue weighted by Gasteiger charge is -2.09. The number of nitrogens with one attached hydrogen (secondary N) is 2. The first kappa shape index (κ1) is 15.8. The Hall–Kier alpha value is -3.38. The normalized spacial score (nSPS) is 11.1. The smallest absolute Gasteiger partial charge is 0.195 e. The van der Waals surface area contributed by atoms with Gasteiger partial charge in [0.1, 0.15) is 5.82 Å². The molecule has 0 bridgehead atoms. The second-order valence-electron chi connectivity index (χ2n) is 6.03. The Morgan fingerprint density at radius 2 is 1.44 bits per heavy atom. The van der Waals surface area contributed by atoms with E-state index in [0.717, 1.165) is 38.3 Å². The average Bonchev–Trinajstić information content (AvgIpc) is 3.12. The minimum Gasteiger partial charge on any atom is -0.322 e. The van der Waals surface area contributed by atoms with Crippen molar-refractivity contribution >= 4 is 45.2 Å². The summed E-state index contributed by atoms with van der Waals surface area (Å²) in [4.78, 5) is 10.6. The minimum absolute atomic E-state index is 0.697. The maximum atomic E-state index is 4.76. The Kier molecular flexibility index (Phi) is 3.95. The summed E-state index contributed by atoms with van der Waals surface area (Å²) in [5.41, 5.74) is 1.88. The molecule has 27 heavy (non-hydrogen) atoms. The van der Waals surface area contributed by atoms with Crippen LogP contribution in [0, 0.1) is 0 Å². The van der Waals surface area contributed by atoms with Crippen molar-refractivity contribution in [1.82, 2.24) is 20.2 Å². The standard InChI is InChI=1S/C21H15N5S/c1-2-8-14(9-3-1)27-21-22-17-12-6-4-10-15(17)19(24-21)23-20-16-11-5-7-13-18(16)25-26-20/h1-13H,(H2,22,23,24,25,26). The van der Waals surface area contributed by atoms with Crippen molar-refractivity contribution in [2.75, 3.05) is 5.32 Å². The van der Waals surface area contributed by atoms with E-state index in [1.54, 1.807) is 11.8 Å². The first-order chi connectivity index (χ1) is 13.4. The Morgan fingerprint density at radius 1 is 0.704 bits per heavy atom. The predicted octanol–water partition coefficient (Wildman–Crippen LogP) is 5.40. The van der Waals surface area contributed by atoms with Gasteiger partial charge >= 0.3 is 0 Å². The van der Waals surface area contributed by atoms with Gasteiger partial charge in [-0.25, -0.2) is 9.97 Å². The zero-order valence-corrected chi connectivity index (χ0v) is 15.1. The maximum absolute atomic E-state index is 4.76. The molecule has 0 aliphatic rings. The van der Waals surface area contributed by atoms with E-state index in [2.05, 4.69) is 27.6 Å². The molecule has 0 spiro atoms. The minimum atomic E-state index is 0.697.